The van der Waals surface area contributed by atoms with Gasteiger partial charge in [0, 0.05) is 22.8 Å². The SMILES string of the molecule is COc1ccc2c(OC)cc(C3=N[C@@H](C(C)C)CS3)nc2c1C. The van der Waals surface area contributed by atoms with E-state index in [4.69, 9.17) is 19.5 Å². The molecule has 2 heterocycles. The van der Waals surface area contributed by atoms with E-state index in [9.17, 15) is 0 Å². The van der Waals surface area contributed by atoms with E-state index >= 15 is 0 Å². The zero-order valence-electron chi connectivity index (χ0n) is 14.2. The molecular weight excluding hydrogens is 308 g/mol. The minimum Gasteiger partial charge on any atom is -0.496 e. The second-order valence-corrected chi connectivity index (χ2v) is 7.06. The molecule has 1 atom stereocenters. The fourth-order valence-electron chi connectivity index (χ4n) is 2.75. The largest absolute Gasteiger partial charge is 0.496 e. The predicted octanol–water partition coefficient (Wildman–Crippen LogP) is 4.08. The number of aromatic nitrogens is 1. The maximum atomic E-state index is 5.59. The van der Waals surface area contributed by atoms with Crippen LogP contribution in [-0.4, -0.2) is 36.0 Å². The van der Waals surface area contributed by atoms with Gasteiger partial charge in [-0.25, -0.2) is 4.98 Å². The van der Waals surface area contributed by atoms with Crippen molar-refractivity contribution < 1.29 is 9.47 Å². The van der Waals surface area contributed by atoms with Gasteiger partial charge in [0.05, 0.1) is 31.5 Å². The predicted molar refractivity (Wildman–Crippen MR) is 97.2 cm³/mol. The molecule has 3 rings (SSSR count). The molecule has 122 valence electrons. The van der Waals surface area contributed by atoms with Gasteiger partial charge in [0.25, 0.3) is 0 Å². The van der Waals surface area contributed by atoms with E-state index in [0.29, 0.717) is 12.0 Å². The van der Waals surface area contributed by atoms with Crippen LogP contribution in [0.5, 0.6) is 11.5 Å². The number of pyridine rings is 1. The maximum absolute atomic E-state index is 5.59. The Morgan fingerprint density at radius 2 is 1.91 bits per heavy atom. The standard InChI is InChI=1S/C18H22N2O2S/c1-10(2)14-9-23-18(20-14)13-8-16(22-5)12-6-7-15(21-4)11(3)17(12)19-13/h6-8,10,14H,9H2,1-5H3/t14-/m1/s1. The molecular formula is C18H22N2O2S. The Morgan fingerprint density at radius 1 is 1.17 bits per heavy atom. The number of thioether (sulfide) groups is 1. The molecule has 0 amide bonds. The quantitative estimate of drug-likeness (QED) is 0.847. The molecule has 5 heteroatoms. The normalized spacial score (nSPS) is 17.7. The minimum absolute atomic E-state index is 0.366. The highest BCUT2D eigenvalue weighted by atomic mass is 32.2. The molecule has 1 aromatic carbocycles. The first-order valence-corrected chi connectivity index (χ1v) is 8.77. The number of aryl methyl sites for hydroxylation is 1. The Morgan fingerprint density at radius 3 is 2.52 bits per heavy atom. The van der Waals surface area contributed by atoms with Crippen molar-refractivity contribution in [2.45, 2.75) is 26.8 Å². The van der Waals surface area contributed by atoms with Crippen molar-refractivity contribution in [2.75, 3.05) is 20.0 Å². The Balaban J connectivity index is 2.16. The van der Waals surface area contributed by atoms with Crippen molar-refractivity contribution in [3.63, 3.8) is 0 Å². The second-order valence-electron chi connectivity index (χ2n) is 6.06. The van der Waals surface area contributed by atoms with Gasteiger partial charge in [-0.1, -0.05) is 13.8 Å². The molecule has 0 saturated carbocycles. The summed E-state index contributed by atoms with van der Waals surface area (Å²) in [4.78, 5) is 9.70. The lowest BCUT2D eigenvalue weighted by Crippen LogP contribution is -2.11. The van der Waals surface area contributed by atoms with Crippen LogP contribution in [0.4, 0.5) is 0 Å². The topological polar surface area (TPSA) is 43.7 Å². The number of hydrogen-bond donors (Lipinski definition) is 0. The summed E-state index contributed by atoms with van der Waals surface area (Å²) in [6, 6.07) is 6.31. The smallest absolute Gasteiger partial charge is 0.130 e. The summed E-state index contributed by atoms with van der Waals surface area (Å²) in [6.45, 7) is 6.44. The van der Waals surface area contributed by atoms with Gasteiger partial charge in [-0.05, 0) is 25.0 Å². The number of fused-ring (bicyclic) bond motifs is 1. The fraction of sp³-hybridized carbons (Fsp3) is 0.444. The number of rotatable bonds is 4. The number of aliphatic imine (C=N–C) groups is 1. The number of methoxy groups -OCH3 is 2. The highest BCUT2D eigenvalue weighted by Gasteiger charge is 2.24. The number of ether oxygens (including phenoxy) is 2. The molecule has 0 fully saturated rings. The first-order chi connectivity index (χ1) is 11.0. The molecule has 0 saturated heterocycles. The minimum atomic E-state index is 0.366. The lowest BCUT2D eigenvalue weighted by Gasteiger charge is -2.12. The number of hydrogen-bond acceptors (Lipinski definition) is 5. The average molecular weight is 330 g/mol. The summed E-state index contributed by atoms with van der Waals surface area (Å²) in [5.41, 5.74) is 2.82. The molecule has 1 aliphatic rings. The van der Waals surface area contributed by atoms with Gasteiger partial charge < -0.3 is 9.47 Å². The lowest BCUT2D eigenvalue weighted by molar-refractivity contribution is 0.411. The third-order valence-corrected chi connectivity index (χ3v) is 5.35. The third-order valence-electron chi connectivity index (χ3n) is 4.25. The first kappa shape index (κ1) is 16.1. The van der Waals surface area contributed by atoms with E-state index in [2.05, 4.69) is 13.8 Å². The van der Waals surface area contributed by atoms with E-state index in [1.165, 1.54) is 0 Å². The molecule has 0 N–H and O–H groups in total. The Labute approximate surface area is 141 Å². The molecule has 4 nitrogen and oxygen atoms in total. The van der Waals surface area contributed by atoms with E-state index in [1.807, 2.05) is 25.1 Å². The zero-order valence-corrected chi connectivity index (χ0v) is 15.0. The van der Waals surface area contributed by atoms with Crippen molar-refractivity contribution in [3.8, 4) is 11.5 Å². The van der Waals surface area contributed by atoms with Gasteiger partial charge in [0.1, 0.15) is 16.5 Å². The first-order valence-electron chi connectivity index (χ1n) is 7.78. The van der Waals surface area contributed by atoms with Gasteiger partial charge in [0.15, 0.2) is 0 Å². The van der Waals surface area contributed by atoms with Gasteiger partial charge in [-0.3, -0.25) is 4.99 Å². The molecule has 23 heavy (non-hydrogen) atoms. The summed E-state index contributed by atoms with van der Waals surface area (Å²) in [5, 5.41) is 2.00. The van der Waals surface area contributed by atoms with Gasteiger partial charge >= 0.3 is 0 Å². The molecule has 1 aromatic heterocycles. The van der Waals surface area contributed by atoms with Crippen molar-refractivity contribution in [1.29, 1.82) is 0 Å². The monoisotopic (exact) mass is 330 g/mol. The summed E-state index contributed by atoms with van der Waals surface area (Å²) >= 11 is 1.78. The van der Waals surface area contributed by atoms with Crippen LogP contribution in [0, 0.1) is 12.8 Å². The van der Waals surface area contributed by atoms with Crippen LogP contribution in [-0.2, 0) is 0 Å². The fourth-order valence-corrected chi connectivity index (χ4v) is 4.00. The number of benzene rings is 1. The van der Waals surface area contributed by atoms with Crippen molar-refractivity contribution in [1.82, 2.24) is 4.98 Å². The highest BCUT2D eigenvalue weighted by molar-refractivity contribution is 8.14. The molecule has 0 radical (unpaired) electrons. The molecule has 0 bridgehead atoms. The van der Waals surface area contributed by atoms with Crippen molar-refractivity contribution in [3.05, 3.63) is 29.5 Å². The van der Waals surface area contributed by atoms with E-state index in [0.717, 1.165) is 44.5 Å². The van der Waals surface area contributed by atoms with E-state index < -0.39 is 0 Å². The zero-order chi connectivity index (χ0) is 16.6. The summed E-state index contributed by atoms with van der Waals surface area (Å²) in [5.74, 6) is 3.23. The van der Waals surface area contributed by atoms with E-state index in [1.54, 1.807) is 26.0 Å². The summed E-state index contributed by atoms with van der Waals surface area (Å²) in [6.07, 6.45) is 0. The Bertz CT molecular complexity index is 771. The summed E-state index contributed by atoms with van der Waals surface area (Å²) < 4.78 is 11.0. The molecule has 0 aliphatic carbocycles. The van der Waals surface area contributed by atoms with Gasteiger partial charge in [-0.2, -0.15) is 0 Å². The lowest BCUT2D eigenvalue weighted by atomic mass is 10.1. The molecule has 0 spiro atoms. The van der Waals surface area contributed by atoms with Crippen LogP contribution in [0.25, 0.3) is 10.9 Å². The average Bonchev–Trinajstić information content (AvgIpc) is 3.05. The highest BCUT2D eigenvalue weighted by Crippen LogP contribution is 2.34. The Hall–Kier alpha value is -1.75. The van der Waals surface area contributed by atoms with Gasteiger partial charge in [-0.15, -0.1) is 11.8 Å². The summed E-state index contributed by atoms with van der Waals surface area (Å²) in [7, 11) is 3.37. The van der Waals surface area contributed by atoms with Crippen LogP contribution < -0.4 is 9.47 Å². The van der Waals surface area contributed by atoms with Crippen LogP contribution in [0.15, 0.2) is 23.2 Å². The second kappa shape index (κ2) is 6.40. The Kier molecular flexibility index (Phi) is 4.48. The number of nitrogens with zero attached hydrogens (tertiary/aromatic N) is 2. The van der Waals surface area contributed by atoms with E-state index in [-0.39, 0.29) is 0 Å². The molecule has 0 unspecified atom stereocenters. The molecule has 1 aliphatic heterocycles. The van der Waals surface area contributed by atoms with Crippen LogP contribution in [0.2, 0.25) is 0 Å². The molecule has 2 aromatic rings. The van der Waals surface area contributed by atoms with Crippen LogP contribution >= 0.6 is 11.8 Å². The van der Waals surface area contributed by atoms with Gasteiger partial charge in [0.2, 0.25) is 0 Å². The van der Waals surface area contributed by atoms with Crippen molar-refractivity contribution >= 4 is 27.7 Å². The van der Waals surface area contributed by atoms with Crippen molar-refractivity contribution in [2.24, 2.45) is 10.9 Å². The van der Waals surface area contributed by atoms with Crippen LogP contribution in [0.1, 0.15) is 25.1 Å². The van der Waals surface area contributed by atoms with Crippen LogP contribution in [0.3, 0.4) is 0 Å². The third kappa shape index (κ3) is 2.90. The maximum Gasteiger partial charge on any atom is 0.130 e.